The van der Waals surface area contributed by atoms with Crippen LogP contribution in [0.3, 0.4) is 0 Å². The fraction of sp³-hybridized carbons (Fsp3) is 0.533. The van der Waals surface area contributed by atoms with Gasteiger partial charge in [0.15, 0.2) is 10.8 Å². The molecular formula is C15H19N5O5S3. The average molecular weight is 446 g/mol. The zero-order valence-electron chi connectivity index (χ0n) is 15.1. The van der Waals surface area contributed by atoms with Gasteiger partial charge in [0.05, 0.1) is 0 Å². The van der Waals surface area contributed by atoms with Gasteiger partial charge in [0.2, 0.25) is 5.91 Å². The molecule has 0 aromatic carbocycles. The smallest absolute Gasteiger partial charge is 0.313 e. The first-order valence-electron chi connectivity index (χ1n) is 8.11. The highest BCUT2D eigenvalue weighted by Crippen LogP contribution is 2.43. The number of rotatable bonds is 7. The second kappa shape index (κ2) is 8.17. The molecule has 28 heavy (non-hydrogen) atoms. The minimum atomic E-state index is -0.980. The highest BCUT2D eigenvalue weighted by Gasteiger charge is 2.57. The molecular weight excluding hydrogens is 426 g/mol. The molecule has 1 aromatic rings. The van der Waals surface area contributed by atoms with Crippen LogP contribution >= 0.6 is 34.9 Å². The number of aliphatic carboxylic acids is 1. The molecule has 0 saturated carbocycles. The monoisotopic (exact) mass is 445 g/mol. The third-order valence-corrected chi connectivity index (χ3v) is 7.57. The van der Waals surface area contributed by atoms with Crippen molar-refractivity contribution in [2.45, 2.75) is 11.4 Å². The number of anilines is 1. The van der Waals surface area contributed by atoms with E-state index in [9.17, 15) is 19.5 Å². The van der Waals surface area contributed by atoms with Gasteiger partial charge in [-0.05, 0) is 6.26 Å². The SMILES string of the molecule is CON=C(C(=O)NC1C(=O)N2CC(CSC)(C(=O)O)CS[C@H]12)c1csc(N)n1. The second-order valence-electron chi connectivity index (χ2n) is 6.33. The number of thiazole rings is 1. The molecule has 4 N–H and O–H groups in total. The summed E-state index contributed by atoms with van der Waals surface area (Å²) in [6.45, 7) is 0.133. The summed E-state index contributed by atoms with van der Waals surface area (Å²) in [7, 11) is 1.30. The number of carboxylic acid groups (broad SMARTS) is 1. The summed E-state index contributed by atoms with van der Waals surface area (Å²) in [5.74, 6) is -1.05. The van der Waals surface area contributed by atoms with Gasteiger partial charge in [0.25, 0.3) is 5.91 Å². The van der Waals surface area contributed by atoms with Gasteiger partial charge in [-0.25, -0.2) is 4.98 Å². The van der Waals surface area contributed by atoms with E-state index in [0.717, 1.165) is 11.3 Å². The van der Waals surface area contributed by atoms with Crippen LogP contribution in [0.25, 0.3) is 0 Å². The van der Waals surface area contributed by atoms with Gasteiger partial charge in [-0.3, -0.25) is 14.4 Å². The Balaban J connectivity index is 1.70. The van der Waals surface area contributed by atoms with E-state index >= 15 is 0 Å². The largest absolute Gasteiger partial charge is 0.481 e. The fourth-order valence-corrected chi connectivity index (χ4v) is 6.17. The topological polar surface area (TPSA) is 147 Å². The number of oxime groups is 1. The number of nitrogens with two attached hydrogens (primary N) is 1. The standard InChI is InChI=1S/C15H19N5O5S3/c1-25-19-8(7-3-27-14(16)17-7)10(21)18-9-11(22)20-4-15(5-26-2,13(23)24)6-28-12(9)20/h3,9,12H,4-6H2,1-2H3,(H2,16,17)(H,18,21)(H,23,24)/t9?,12-,15?/m1/s1. The summed E-state index contributed by atoms with van der Waals surface area (Å²) in [6.07, 6.45) is 1.84. The normalized spacial score (nSPS) is 27.0. The molecule has 3 atom stereocenters. The summed E-state index contributed by atoms with van der Waals surface area (Å²) in [4.78, 5) is 47.2. The molecule has 3 heterocycles. The number of β-lactam (4-membered cyclic amide) rings is 1. The van der Waals surface area contributed by atoms with Crippen LogP contribution in [0.15, 0.2) is 10.5 Å². The van der Waals surface area contributed by atoms with Crippen molar-refractivity contribution in [3.8, 4) is 0 Å². The van der Waals surface area contributed by atoms with E-state index in [1.54, 1.807) is 5.38 Å². The van der Waals surface area contributed by atoms with Crippen LogP contribution in [0.5, 0.6) is 0 Å². The van der Waals surface area contributed by atoms with Crippen LogP contribution in [0, 0.1) is 5.41 Å². The van der Waals surface area contributed by atoms with Crippen molar-refractivity contribution in [2.24, 2.45) is 10.6 Å². The van der Waals surface area contributed by atoms with E-state index in [1.807, 2.05) is 6.26 Å². The lowest BCUT2D eigenvalue weighted by Gasteiger charge is -2.53. The lowest BCUT2D eigenvalue weighted by molar-refractivity contribution is -0.157. The first-order chi connectivity index (χ1) is 13.3. The van der Waals surface area contributed by atoms with Gasteiger partial charge in [-0.15, -0.1) is 23.1 Å². The summed E-state index contributed by atoms with van der Waals surface area (Å²) >= 11 is 3.95. The van der Waals surface area contributed by atoms with Crippen molar-refractivity contribution in [1.82, 2.24) is 15.2 Å². The number of fused-ring (bicyclic) bond motifs is 1. The number of thioether (sulfide) groups is 2. The third-order valence-electron chi connectivity index (χ3n) is 4.47. The van der Waals surface area contributed by atoms with Crippen molar-refractivity contribution < 1.29 is 24.3 Å². The second-order valence-corrected chi connectivity index (χ2v) is 9.19. The number of nitrogen functional groups attached to an aromatic ring is 1. The maximum absolute atomic E-state index is 12.6. The van der Waals surface area contributed by atoms with Crippen LogP contribution in [0.4, 0.5) is 5.13 Å². The van der Waals surface area contributed by atoms with Crippen molar-refractivity contribution in [3.63, 3.8) is 0 Å². The average Bonchev–Trinajstić information content (AvgIpc) is 3.09. The van der Waals surface area contributed by atoms with Gasteiger partial charge >= 0.3 is 5.97 Å². The lowest BCUT2D eigenvalue weighted by Crippen LogP contribution is -2.74. The molecule has 2 unspecified atom stereocenters. The first-order valence-corrected chi connectivity index (χ1v) is 11.4. The number of aromatic nitrogens is 1. The maximum atomic E-state index is 12.6. The lowest BCUT2D eigenvalue weighted by atomic mass is 9.89. The van der Waals surface area contributed by atoms with Gasteiger partial charge in [0, 0.05) is 23.4 Å². The van der Waals surface area contributed by atoms with Gasteiger partial charge < -0.3 is 25.9 Å². The molecule has 10 nitrogen and oxygen atoms in total. The highest BCUT2D eigenvalue weighted by molar-refractivity contribution is 8.00. The number of hydrogen-bond acceptors (Lipinski definition) is 10. The summed E-state index contributed by atoms with van der Waals surface area (Å²) < 4.78 is 0. The van der Waals surface area contributed by atoms with Crippen LogP contribution in [-0.4, -0.2) is 81.3 Å². The van der Waals surface area contributed by atoms with Gasteiger partial charge in [0.1, 0.15) is 29.6 Å². The fourth-order valence-electron chi connectivity index (χ4n) is 3.08. The zero-order chi connectivity index (χ0) is 20.5. The number of carboxylic acids is 1. The van der Waals surface area contributed by atoms with E-state index < -0.39 is 23.3 Å². The number of nitrogens with zero attached hydrogens (tertiary/aromatic N) is 3. The predicted octanol–water partition coefficient (Wildman–Crippen LogP) is -0.0903. The molecule has 152 valence electrons. The van der Waals surface area contributed by atoms with Gasteiger partial charge in [-0.2, -0.15) is 11.8 Å². The molecule has 0 radical (unpaired) electrons. The van der Waals surface area contributed by atoms with E-state index in [2.05, 4.69) is 15.5 Å². The first kappa shape index (κ1) is 20.7. The van der Waals surface area contributed by atoms with Crippen molar-refractivity contribution in [3.05, 3.63) is 11.1 Å². The zero-order valence-corrected chi connectivity index (χ0v) is 17.5. The molecule has 2 saturated heterocycles. The van der Waals surface area contributed by atoms with Crippen LogP contribution < -0.4 is 11.1 Å². The molecule has 0 spiro atoms. The van der Waals surface area contributed by atoms with Crippen molar-refractivity contribution in [1.29, 1.82) is 0 Å². The van der Waals surface area contributed by atoms with Crippen LogP contribution in [-0.2, 0) is 19.2 Å². The van der Waals surface area contributed by atoms with E-state index in [0.29, 0.717) is 11.5 Å². The molecule has 1 aromatic heterocycles. The summed E-state index contributed by atoms with van der Waals surface area (Å²) in [5.41, 5.74) is 4.80. The van der Waals surface area contributed by atoms with Gasteiger partial charge in [-0.1, -0.05) is 5.16 Å². The predicted molar refractivity (Wildman–Crippen MR) is 108 cm³/mol. The molecule has 0 bridgehead atoms. The Labute approximate surface area is 173 Å². The molecule has 2 amide bonds. The Morgan fingerprint density at radius 2 is 2.36 bits per heavy atom. The highest BCUT2D eigenvalue weighted by atomic mass is 32.2. The molecule has 2 fully saturated rings. The Hall–Kier alpha value is -1.99. The molecule has 2 aliphatic rings. The summed E-state index contributed by atoms with van der Waals surface area (Å²) in [5, 5.41) is 17.5. The third kappa shape index (κ3) is 3.65. The number of carbonyl (C=O) groups excluding carboxylic acids is 2. The van der Waals surface area contributed by atoms with Crippen molar-refractivity contribution in [2.75, 3.05) is 37.1 Å². The van der Waals surface area contributed by atoms with E-state index in [-0.39, 0.29) is 34.4 Å². The quantitative estimate of drug-likeness (QED) is 0.297. The maximum Gasteiger partial charge on any atom is 0.313 e. The number of nitrogens with one attached hydrogen (secondary N) is 1. The Bertz CT molecular complexity index is 831. The van der Waals surface area contributed by atoms with Crippen LogP contribution in [0.2, 0.25) is 0 Å². The number of amides is 2. The van der Waals surface area contributed by atoms with E-state index in [4.69, 9.17) is 10.6 Å². The van der Waals surface area contributed by atoms with E-state index in [1.165, 1.54) is 35.5 Å². The molecule has 2 aliphatic heterocycles. The van der Waals surface area contributed by atoms with Crippen molar-refractivity contribution >= 4 is 63.5 Å². The Morgan fingerprint density at radius 1 is 1.61 bits per heavy atom. The molecule has 13 heteroatoms. The minimum Gasteiger partial charge on any atom is -0.481 e. The minimum absolute atomic E-state index is 0.0789. The Morgan fingerprint density at radius 3 is 2.93 bits per heavy atom. The molecule has 3 rings (SSSR count). The Kier molecular flexibility index (Phi) is 6.05. The number of carbonyl (C=O) groups is 3. The van der Waals surface area contributed by atoms with Crippen LogP contribution in [0.1, 0.15) is 5.69 Å². The summed E-state index contributed by atoms with van der Waals surface area (Å²) in [6, 6.07) is -0.753. The molecule has 0 aliphatic carbocycles. The number of hydrogen-bond donors (Lipinski definition) is 3.